The monoisotopic (exact) mass is 265 g/mol. The van der Waals surface area contributed by atoms with Crippen molar-refractivity contribution < 1.29 is 9.53 Å². The molecular weight excluding hydrogens is 242 g/mol. The van der Waals surface area contributed by atoms with Crippen LogP contribution in [0.1, 0.15) is 58.2 Å². The zero-order valence-electron chi connectivity index (χ0n) is 11.9. The molecule has 1 aliphatic carbocycles. The first-order chi connectivity index (χ1) is 9.24. The largest absolute Gasteiger partial charge is 0.465 e. The molecule has 0 amide bonds. The predicted molar refractivity (Wildman–Crippen MR) is 71.7 cm³/mol. The van der Waals surface area contributed by atoms with E-state index in [0.29, 0.717) is 6.61 Å². The molecule has 0 aromatic carbocycles. The second kappa shape index (κ2) is 6.17. The van der Waals surface area contributed by atoms with Crippen LogP contribution in [0.2, 0.25) is 0 Å². The third-order valence-electron chi connectivity index (χ3n) is 3.88. The summed E-state index contributed by atoms with van der Waals surface area (Å²) in [4.78, 5) is 12.5. The van der Waals surface area contributed by atoms with Crippen molar-refractivity contribution in [2.24, 2.45) is 0 Å². The third-order valence-corrected chi connectivity index (χ3v) is 3.88. The van der Waals surface area contributed by atoms with E-state index in [9.17, 15) is 4.79 Å². The van der Waals surface area contributed by atoms with Crippen molar-refractivity contribution in [3.63, 3.8) is 0 Å². The SMILES string of the molecule is CCCn1cnnc1C1(C(=O)OCC)CCCCC1. The highest BCUT2D eigenvalue weighted by Crippen LogP contribution is 2.39. The van der Waals surface area contributed by atoms with Gasteiger partial charge in [0.2, 0.25) is 0 Å². The number of aromatic nitrogens is 3. The second-order valence-electron chi connectivity index (χ2n) is 5.21. The fourth-order valence-electron chi connectivity index (χ4n) is 2.97. The van der Waals surface area contributed by atoms with Crippen LogP contribution in [0.15, 0.2) is 6.33 Å². The number of aryl methyl sites for hydroxylation is 1. The molecule has 0 aliphatic heterocycles. The Bertz CT molecular complexity index is 422. The zero-order valence-corrected chi connectivity index (χ0v) is 11.9. The van der Waals surface area contributed by atoms with Crippen molar-refractivity contribution in [2.45, 2.75) is 64.3 Å². The van der Waals surface area contributed by atoms with Crippen molar-refractivity contribution in [2.75, 3.05) is 6.61 Å². The molecule has 106 valence electrons. The molecule has 0 bridgehead atoms. The van der Waals surface area contributed by atoms with Crippen LogP contribution < -0.4 is 0 Å². The molecule has 5 heteroatoms. The van der Waals surface area contributed by atoms with Crippen molar-refractivity contribution in [1.29, 1.82) is 0 Å². The van der Waals surface area contributed by atoms with E-state index in [1.54, 1.807) is 6.33 Å². The van der Waals surface area contributed by atoms with Crippen LogP contribution in [0.3, 0.4) is 0 Å². The Balaban J connectivity index is 2.36. The third kappa shape index (κ3) is 2.65. The fourth-order valence-corrected chi connectivity index (χ4v) is 2.97. The molecule has 2 rings (SSSR count). The van der Waals surface area contributed by atoms with Crippen molar-refractivity contribution in [1.82, 2.24) is 14.8 Å². The number of esters is 1. The first-order valence-electron chi connectivity index (χ1n) is 7.30. The smallest absolute Gasteiger partial charge is 0.319 e. The molecule has 1 saturated carbocycles. The summed E-state index contributed by atoms with van der Waals surface area (Å²) in [6, 6.07) is 0. The van der Waals surface area contributed by atoms with Gasteiger partial charge in [-0.15, -0.1) is 10.2 Å². The Kier molecular flexibility index (Phi) is 4.56. The van der Waals surface area contributed by atoms with Gasteiger partial charge in [-0.05, 0) is 26.2 Å². The summed E-state index contributed by atoms with van der Waals surface area (Å²) in [7, 11) is 0. The Morgan fingerprint density at radius 3 is 2.74 bits per heavy atom. The molecule has 1 aliphatic rings. The molecule has 1 heterocycles. The fraction of sp³-hybridized carbons (Fsp3) is 0.786. The maximum Gasteiger partial charge on any atom is 0.319 e. The van der Waals surface area contributed by atoms with Crippen LogP contribution in [0, 0.1) is 0 Å². The van der Waals surface area contributed by atoms with E-state index in [1.165, 1.54) is 6.42 Å². The quantitative estimate of drug-likeness (QED) is 0.767. The summed E-state index contributed by atoms with van der Waals surface area (Å²) < 4.78 is 7.34. The van der Waals surface area contributed by atoms with Crippen molar-refractivity contribution >= 4 is 5.97 Å². The summed E-state index contributed by atoms with van der Waals surface area (Å²) in [5, 5.41) is 8.25. The molecule has 0 N–H and O–H groups in total. The van der Waals surface area contributed by atoms with E-state index in [1.807, 2.05) is 11.5 Å². The van der Waals surface area contributed by atoms with Gasteiger partial charge in [-0.1, -0.05) is 26.2 Å². The van der Waals surface area contributed by atoms with Crippen LogP contribution in [-0.4, -0.2) is 27.3 Å². The first-order valence-corrected chi connectivity index (χ1v) is 7.30. The van der Waals surface area contributed by atoms with E-state index in [-0.39, 0.29) is 5.97 Å². The highest BCUT2D eigenvalue weighted by atomic mass is 16.5. The van der Waals surface area contributed by atoms with E-state index < -0.39 is 5.41 Å². The Hall–Kier alpha value is -1.39. The number of ether oxygens (including phenoxy) is 1. The van der Waals surface area contributed by atoms with Gasteiger partial charge in [0.25, 0.3) is 0 Å². The number of carbonyl (C=O) groups is 1. The summed E-state index contributed by atoms with van der Waals surface area (Å²) in [5.41, 5.74) is -0.570. The van der Waals surface area contributed by atoms with Crippen molar-refractivity contribution in [3.8, 4) is 0 Å². The molecule has 19 heavy (non-hydrogen) atoms. The van der Waals surface area contributed by atoms with Crippen molar-refractivity contribution in [3.05, 3.63) is 12.2 Å². The lowest BCUT2D eigenvalue weighted by atomic mass is 9.73. The number of carbonyl (C=O) groups excluding carboxylic acids is 1. The highest BCUT2D eigenvalue weighted by molar-refractivity contribution is 5.82. The summed E-state index contributed by atoms with van der Waals surface area (Å²) >= 11 is 0. The predicted octanol–water partition coefficient (Wildman–Crippen LogP) is 2.45. The Labute approximate surface area is 114 Å². The molecule has 0 unspecified atom stereocenters. The molecule has 0 saturated heterocycles. The minimum atomic E-state index is -0.570. The maximum absolute atomic E-state index is 12.5. The van der Waals surface area contributed by atoms with E-state index in [0.717, 1.165) is 44.5 Å². The van der Waals surface area contributed by atoms with Gasteiger partial charge in [0.1, 0.15) is 17.6 Å². The standard InChI is InChI=1S/C14H23N3O2/c1-3-10-17-11-15-16-12(17)14(13(18)19-4-2)8-6-5-7-9-14/h11H,3-10H2,1-2H3. The average molecular weight is 265 g/mol. The van der Waals surface area contributed by atoms with Gasteiger partial charge in [0, 0.05) is 6.54 Å². The van der Waals surface area contributed by atoms with Crippen LogP contribution in [0.4, 0.5) is 0 Å². The average Bonchev–Trinajstić information content (AvgIpc) is 2.89. The maximum atomic E-state index is 12.5. The van der Waals surface area contributed by atoms with Gasteiger partial charge in [-0.25, -0.2) is 0 Å². The first kappa shape index (κ1) is 14.0. The number of rotatable bonds is 5. The molecule has 0 spiro atoms. The molecule has 1 fully saturated rings. The lowest BCUT2D eigenvalue weighted by molar-refractivity contribution is -0.152. The van der Waals surface area contributed by atoms with Gasteiger partial charge in [-0.3, -0.25) is 4.79 Å². The van der Waals surface area contributed by atoms with Gasteiger partial charge in [-0.2, -0.15) is 0 Å². The number of hydrogen-bond acceptors (Lipinski definition) is 4. The van der Waals surface area contributed by atoms with E-state index in [4.69, 9.17) is 4.74 Å². The summed E-state index contributed by atoms with van der Waals surface area (Å²) in [5.74, 6) is 0.674. The molecule has 0 atom stereocenters. The molecule has 0 radical (unpaired) electrons. The van der Waals surface area contributed by atoms with Gasteiger partial charge >= 0.3 is 5.97 Å². The molecule has 5 nitrogen and oxygen atoms in total. The minimum absolute atomic E-state index is 0.125. The lowest BCUT2D eigenvalue weighted by Gasteiger charge is -2.33. The van der Waals surface area contributed by atoms with Gasteiger partial charge < -0.3 is 9.30 Å². The number of hydrogen-bond donors (Lipinski definition) is 0. The molecular formula is C14H23N3O2. The Morgan fingerprint density at radius 1 is 1.37 bits per heavy atom. The Morgan fingerprint density at radius 2 is 2.11 bits per heavy atom. The van der Waals surface area contributed by atoms with Gasteiger partial charge in [0.05, 0.1) is 6.61 Å². The normalized spacial score (nSPS) is 18.2. The lowest BCUT2D eigenvalue weighted by Crippen LogP contribution is -2.42. The minimum Gasteiger partial charge on any atom is -0.465 e. The summed E-state index contributed by atoms with van der Waals surface area (Å²) in [6.07, 6.45) is 7.68. The van der Waals surface area contributed by atoms with Crippen LogP contribution in [0.5, 0.6) is 0 Å². The van der Waals surface area contributed by atoms with Gasteiger partial charge in [0.15, 0.2) is 0 Å². The highest BCUT2D eigenvalue weighted by Gasteiger charge is 2.46. The van der Waals surface area contributed by atoms with E-state index >= 15 is 0 Å². The molecule has 1 aromatic rings. The van der Waals surface area contributed by atoms with Crippen LogP contribution >= 0.6 is 0 Å². The molecule has 1 aromatic heterocycles. The topological polar surface area (TPSA) is 57.0 Å². The number of nitrogens with zero attached hydrogens (tertiary/aromatic N) is 3. The summed E-state index contributed by atoms with van der Waals surface area (Å²) in [6.45, 7) is 5.23. The van der Waals surface area contributed by atoms with E-state index in [2.05, 4.69) is 17.1 Å². The van der Waals surface area contributed by atoms with Crippen LogP contribution in [-0.2, 0) is 21.5 Å². The van der Waals surface area contributed by atoms with Crippen LogP contribution in [0.25, 0.3) is 0 Å². The zero-order chi connectivity index (χ0) is 13.7. The second-order valence-corrected chi connectivity index (χ2v) is 5.21.